The third kappa shape index (κ3) is 4.51. The van der Waals surface area contributed by atoms with E-state index in [4.69, 9.17) is 0 Å². The number of nitrogens with zero attached hydrogens (tertiary/aromatic N) is 2. The minimum Gasteiger partial charge on any atom is -0.346 e. The molecule has 0 saturated heterocycles. The predicted octanol–water partition coefficient (Wildman–Crippen LogP) is 4.20. The van der Waals surface area contributed by atoms with Crippen LogP contribution in [-0.2, 0) is 12.8 Å². The highest BCUT2D eigenvalue weighted by Crippen LogP contribution is 2.21. The number of nitrogens with one attached hydrogen (secondary N) is 1. The van der Waals surface area contributed by atoms with E-state index >= 15 is 0 Å². The van der Waals surface area contributed by atoms with Gasteiger partial charge in [0.05, 0.1) is 6.04 Å². The van der Waals surface area contributed by atoms with Crippen LogP contribution in [0.15, 0.2) is 72.1 Å². The van der Waals surface area contributed by atoms with Crippen molar-refractivity contribution in [3.8, 4) is 0 Å². The summed E-state index contributed by atoms with van der Waals surface area (Å²) in [6.07, 6.45) is 3.73. The van der Waals surface area contributed by atoms with Crippen LogP contribution in [0.4, 0.5) is 0 Å². The molecule has 0 spiro atoms. The van der Waals surface area contributed by atoms with Gasteiger partial charge in [-0.2, -0.15) is 0 Å². The first kappa shape index (κ1) is 17.3. The first-order chi connectivity index (χ1) is 12.1. The largest absolute Gasteiger partial charge is 0.346 e. The maximum Gasteiger partial charge on any atom is 0.251 e. The molecule has 0 aliphatic rings. The summed E-state index contributed by atoms with van der Waals surface area (Å²) < 4.78 is 2.00. The lowest BCUT2D eigenvalue weighted by atomic mass is 10.1. The Balaban J connectivity index is 1.58. The molecule has 3 aromatic rings. The van der Waals surface area contributed by atoms with Gasteiger partial charge < -0.3 is 9.88 Å². The van der Waals surface area contributed by atoms with Gasteiger partial charge in [-0.25, -0.2) is 4.98 Å². The van der Waals surface area contributed by atoms with Gasteiger partial charge in [-0.1, -0.05) is 54.2 Å². The number of carbonyl (C=O) groups is 1. The number of aromatic nitrogens is 2. The summed E-state index contributed by atoms with van der Waals surface area (Å²) in [6, 6.07) is 17.7. The minimum absolute atomic E-state index is 0.0210. The second-order valence-electron chi connectivity index (χ2n) is 5.91. The summed E-state index contributed by atoms with van der Waals surface area (Å²) in [4.78, 5) is 16.7. The lowest BCUT2D eigenvalue weighted by Crippen LogP contribution is -2.26. The molecule has 1 N–H and O–H groups in total. The third-order valence-corrected chi connectivity index (χ3v) is 5.14. The number of benzene rings is 2. The first-order valence-electron chi connectivity index (χ1n) is 8.18. The molecule has 25 heavy (non-hydrogen) atoms. The molecule has 128 valence electrons. The predicted molar refractivity (Wildman–Crippen MR) is 102 cm³/mol. The normalized spacial score (nSPS) is 11.9. The van der Waals surface area contributed by atoms with Crippen molar-refractivity contribution in [1.29, 1.82) is 0 Å². The molecule has 1 unspecified atom stereocenters. The topological polar surface area (TPSA) is 46.9 Å². The van der Waals surface area contributed by atoms with Crippen molar-refractivity contribution >= 4 is 17.7 Å². The molecule has 2 aromatic carbocycles. The van der Waals surface area contributed by atoms with Crippen molar-refractivity contribution < 1.29 is 4.79 Å². The molecule has 1 heterocycles. The highest BCUT2D eigenvalue weighted by atomic mass is 32.2. The van der Waals surface area contributed by atoms with Gasteiger partial charge in [-0.3, -0.25) is 4.79 Å². The van der Waals surface area contributed by atoms with E-state index in [0.717, 1.165) is 16.5 Å². The number of imidazole rings is 1. The standard InChI is InChI=1S/C20H21N3OS/c1-15(17-6-4-3-5-7-17)22-19(24)18-10-8-16(9-11-18)14-25-20-21-12-13-23(20)2/h3-13,15H,14H2,1-2H3,(H,22,24). The van der Waals surface area contributed by atoms with Gasteiger partial charge >= 0.3 is 0 Å². The van der Waals surface area contributed by atoms with Gasteiger partial charge in [-0.15, -0.1) is 0 Å². The Bertz CT molecular complexity index is 828. The zero-order valence-electron chi connectivity index (χ0n) is 14.3. The second-order valence-corrected chi connectivity index (χ2v) is 6.85. The van der Waals surface area contributed by atoms with Crippen LogP contribution in [0.3, 0.4) is 0 Å². The summed E-state index contributed by atoms with van der Waals surface area (Å²) in [5.74, 6) is 0.771. The molecule has 4 nitrogen and oxygen atoms in total. The Morgan fingerprint density at radius 2 is 1.88 bits per heavy atom. The van der Waals surface area contributed by atoms with Gasteiger partial charge in [0.2, 0.25) is 0 Å². The average Bonchev–Trinajstić information content (AvgIpc) is 3.06. The second kappa shape index (κ2) is 8.03. The third-order valence-electron chi connectivity index (χ3n) is 4.01. The van der Waals surface area contributed by atoms with Crippen LogP contribution < -0.4 is 5.32 Å². The number of thioether (sulfide) groups is 1. The molecule has 1 amide bonds. The van der Waals surface area contributed by atoms with Crippen molar-refractivity contribution in [2.45, 2.75) is 23.9 Å². The van der Waals surface area contributed by atoms with Crippen LogP contribution in [0, 0.1) is 0 Å². The molecule has 0 radical (unpaired) electrons. The zero-order chi connectivity index (χ0) is 17.6. The van der Waals surface area contributed by atoms with E-state index in [9.17, 15) is 4.79 Å². The Kier molecular flexibility index (Phi) is 5.56. The van der Waals surface area contributed by atoms with Crippen LogP contribution >= 0.6 is 11.8 Å². The van der Waals surface area contributed by atoms with Crippen molar-refractivity contribution in [2.75, 3.05) is 0 Å². The fourth-order valence-electron chi connectivity index (χ4n) is 2.50. The Morgan fingerprint density at radius 1 is 1.16 bits per heavy atom. The fraction of sp³-hybridized carbons (Fsp3) is 0.200. The summed E-state index contributed by atoms with van der Waals surface area (Å²) in [7, 11) is 1.98. The molecule has 1 aromatic heterocycles. The quantitative estimate of drug-likeness (QED) is 0.677. The van der Waals surface area contributed by atoms with Crippen molar-refractivity contribution in [3.63, 3.8) is 0 Å². The van der Waals surface area contributed by atoms with Crippen molar-refractivity contribution in [1.82, 2.24) is 14.9 Å². The van der Waals surface area contributed by atoms with Crippen molar-refractivity contribution in [3.05, 3.63) is 83.7 Å². The van der Waals surface area contributed by atoms with Gasteiger partial charge in [0.25, 0.3) is 5.91 Å². The van der Waals surface area contributed by atoms with Crippen LogP contribution in [0.5, 0.6) is 0 Å². The highest BCUT2D eigenvalue weighted by molar-refractivity contribution is 7.98. The number of hydrogen-bond acceptors (Lipinski definition) is 3. The molecule has 3 rings (SSSR count). The summed E-state index contributed by atoms with van der Waals surface area (Å²) in [6.45, 7) is 1.99. The smallest absolute Gasteiger partial charge is 0.251 e. The van der Waals surface area contributed by atoms with E-state index in [1.54, 1.807) is 18.0 Å². The van der Waals surface area contributed by atoms with Crippen LogP contribution in [0.25, 0.3) is 0 Å². The van der Waals surface area contributed by atoms with E-state index < -0.39 is 0 Å². The average molecular weight is 351 g/mol. The molecule has 5 heteroatoms. The molecule has 0 bridgehead atoms. The minimum atomic E-state index is -0.0559. The Morgan fingerprint density at radius 3 is 2.52 bits per heavy atom. The molecule has 1 atom stereocenters. The van der Waals surface area contributed by atoms with Gasteiger partial charge in [0, 0.05) is 30.8 Å². The Hall–Kier alpha value is -2.53. The number of amides is 1. The molecule has 0 aliphatic carbocycles. The van der Waals surface area contributed by atoms with Crippen LogP contribution in [-0.4, -0.2) is 15.5 Å². The number of rotatable bonds is 6. The van der Waals surface area contributed by atoms with E-state index in [0.29, 0.717) is 5.56 Å². The summed E-state index contributed by atoms with van der Waals surface area (Å²) >= 11 is 1.68. The molecule has 0 aliphatic heterocycles. The van der Waals surface area contributed by atoms with Crippen LogP contribution in [0.2, 0.25) is 0 Å². The number of hydrogen-bond donors (Lipinski definition) is 1. The SMILES string of the molecule is CC(NC(=O)c1ccc(CSc2nccn2C)cc1)c1ccccc1. The van der Waals surface area contributed by atoms with Gasteiger partial charge in [0.15, 0.2) is 5.16 Å². The van der Waals surface area contributed by atoms with E-state index in [-0.39, 0.29) is 11.9 Å². The van der Waals surface area contributed by atoms with E-state index in [2.05, 4.69) is 10.3 Å². The fourth-order valence-corrected chi connectivity index (χ4v) is 3.38. The Labute approximate surface area is 152 Å². The maximum atomic E-state index is 12.4. The lowest BCUT2D eigenvalue weighted by molar-refractivity contribution is 0.0940. The van der Waals surface area contributed by atoms with Crippen molar-refractivity contribution in [2.24, 2.45) is 7.05 Å². The summed E-state index contributed by atoms with van der Waals surface area (Å²) in [5.41, 5.74) is 2.94. The number of carbonyl (C=O) groups excluding carboxylic acids is 1. The first-order valence-corrected chi connectivity index (χ1v) is 9.17. The molecular formula is C20H21N3OS. The van der Waals surface area contributed by atoms with E-state index in [1.807, 2.05) is 79.3 Å². The monoisotopic (exact) mass is 351 g/mol. The van der Waals surface area contributed by atoms with Gasteiger partial charge in [0.1, 0.15) is 0 Å². The number of aryl methyl sites for hydroxylation is 1. The molecule has 0 saturated carbocycles. The van der Waals surface area contributed by atoms with Gasteiger partial charge in [-0.05, 0) is 30.2 Å². The highest BCUT2D eigenvalue weighted by Gasteiger charge is 2.11. The summed E-state index contributed by atoms with van der Waals surface area (Å²) in [5, 5.41) is 4.02. The van der Waals surface area contributed by atoms with E-state index in [1.165, 1.54) is 5.56 Å². The molecular weight excluding hydrogens is 330 g/mol. The lowest BCUT2D eigenvalue weighted by Gasteiger charge is -2.14. The molecule has 0 fully saturated rings. The maximum absolute atomic E-state index is 12.4. The zero-order valence-corrected chi connectivity index (χ0v) is 15.2. The van der Waals surface area contributed by atoms with Crippen LogP contribution in [0.1, 0.15) is 34.5 Å².